The second-order valence-electron chi connectivity index (χ2n) is 7.31. The molecule has 0 radical (unpaired) electrons. The molecule has 0 bridgehead atoms. The highest BCUT2D eigenvalue weighted by atomic mass is 32.2. The molecule has 0 amide bonds. The minimum absolute atomic E-state index is 0.00482. The van der Waals surface area contributed by atoms with Crippen molar-refractivity contribution in [2.24, 2.45) is 0 Å². The summed E-state index contributed by atoms with van der Waals surface area (Å²) in [6.45, 7) is 6.62. The summed E-state index contributed by atoms with van der Waals surface area (Å²) in [5, 5.41) is 0. The lowest BCUT2D eigenvalue weighted by molar-refractivity contribution is 0.302. The number of benzene rings is 2. The van der Waals surface area contributed by atoms with Crippen LogP contribution in [0.1, 0.15) is 37.8 Å². The number of sulfonamides is 1. The first-order valence-electron chi connectivity index (χ1n) is 9.15. The SMILES string of the molecule is CC1=C(C)CN(S(=O)(=O)c2ccc(C)cc2)C(CCc2ccccc2)C1. The summed E-state index contributed by atoms with van der Waals surface area (Å²) in [6, 6.07) is 17.5. The highest BCUT2D eigenvalue weighted by molar-refractivity contribution is 7.89. The van der Waals surface area contributed by atoms with Gasteiger partial charge < -0.3 is 0 Å². The van der Waals surface area contributed by atoms with E-state index in [1.807, 2.05) is 44.2 Å². The Morgan fingerprint density at radius 3 is 2.23 bits per heavy atom. The van der Waals surface area contributed by atoms with Gasteiger partial charge in [0.25, 0.3) is 0 Å². The third-order valence-electron chi connectivity index (χ3n) is 5.31. The van der Waals surface area contributed by atoms with Crippen LogP contribution in [-0.2, 0) is 16.4 Å². The monoisotopic (exact) mass is 369 g/mol. The number of rotatable bonds is 5. The Balaban J connectivity index is 1.87. The molecule has 0 N–H and O–H groups in total. The van der Waals surface area contributed by atoms with Crippen LogP contribution in [0.2, 0.25) is 0 Å². The van der Waals surface area contributed by atoms with E-state index in [2.05, 4.69) is 19.1 Å². The summed E-state index contributed by atoms with van der Waals surface area (Å²) >= 11 is 0. The minimum atomic E-state index is -3.49. The molecule has 3 rings (SSSR count). The molecule has 1 unspecified atom stereocenters. The van der Waals surface area contributed by atoms with Crippen molar-refractivity contribution in [3.05, 3.63) is 76.9 Å². The molecule has 0 spiro atoms. The average molecular weight is 370 g/mol. The standard InChI is InChI=1S/C22H27NO2S/c1-17-9-13-22(14-10-17)26(24,25)23-16-19(3)18(2)15-21(23)12-11-20-7-5-4-6-8-20/h4-10,13-14,21H,11-12,15-16H2,1-3H3. The van der Waals surface area contributed by atoms with Crippen molar-refractivity contribution in [1.82, 2.24) is 4.31 Å². The Kier molecular flexibility index (Phi) is 5.64. The molecule has 1 atom stereocenters. The van der Waals surface area contributed by atoms with Gasteiger partial charge in [-0.1, -0.05) is 59.2 Å². The Morgan fingerprint density at radius 2 is 1.58 bits per heavy atom. The van der Waals surface area contributed by atoms with Crippen molar-refractivity contribution in [2.45, 2.75) is 51.0 Å². The van der Waals surface area contributed by atoms with Crippen LogP contribution >= 0.6 is 0 Å². The second kappa shape index (κ2) is 7.77. The molecule has 3 nitrogen and oxygen atoms in total. The third kappa shape index (κ3) is 4.08. The van der Waals surface area contributed by atoms with Crippen LogP contribution in [0, 0.1) is 6.92 Å². The fourth-order valence-corrected chi connectivity index (χ4v) is 5.17. The molecular weight excluding hydrogens is 342 g/mol. The molecule has 0 aromatic heterocycles. The van der Waals surface area contributed by atoms with E-state index in [0.717, 1.165) is 30.4 Å². The largest absolute Gasteiger partial charge is 0.243 e. The first-order chi connectivity index (χ1) is 12.4. The second-order valence-corrected chi connectivity index (χ2v) is 9.20. The highest BCUT2D eigenvalue weighted by Gasteiger charge is 2.34. The normalized spacial score (nSPS) is 19.0. The molecular formula is C22H27NO2S. The third-order valence-corrected chi connectivity index (χ3v) is 7.22. The first kappa shape index (κ1) is 18.9. The van der Waals surface area contributed by atoms with E-state index in [4.69, 9.17) is 0 Å². The molecule has 0 saturated heterocycles. The van der Waals surface area contributed by atoms with Crippen molar-refractivity contribution in [3.63, 3.8) is 0 Å². The van der Waals surface area contributed by atoms with E-state index in [1.165, 1.54) is 11.1 Å². The van der Waals surface area contributed by atoms with Gasteiger partial charge in [-0.2, -0.15) is 4.31 Å². The predicted octanol–water partition coefficient (Wildman–Crippen LogP) is 4.73. The molecule has 1 aliphatic rings. The predicted molar refractivity (Wildman–Crippen MR) is 107 cm³/mol. The van der Waals surface area contributed by atoms with E-state index < -0.39 is 10.0 Å². The van der Waals surface area contributed by atoms with Crippen LogP contribution in [0.5, 0.6) is 0 Å². The summed E-state index contributed by atoms with van der Waals surface area (Å²) in [5.41, 5.74) is 4.80. The van der Waals surface area contributed by atoms with Crippen LogP contribution in [0.15, 0.2) is 70.6 Å². The number of hydrogen-bond acceptors (Lipinski definition) is 2. The zero-order valence-corrected chi connectivity index (χ0v) is 16.6. The Labute approximate surface area is 157 Å². The lowest BCUT2D eigenvalue weighted by Crippen LogP contribution is -2.44. The quantitative estimate of drug-likeness (QED) is 0.715. The molecule has 26 heavy (non-hydrogen) atoms. The van der Waals surface area contributed by atoms with Crippen LogP contribution in [0.4, 0.5) is 0 Å². The molecule has 138 valence electrons. The highest BCUT2D eigenvalue weighted by Crippen LogP contribution is 2.31. The number of hydrogen-bond donors (Lipinski definition) is 0. The fourth-order valence-electron chi connectivity index (χ4n) is 3.48. The lowest BCUT2D eigenvalue weighted by Gasteiger charge is -2.36. The van der Waals surface area contributed by atoms with Gasteiger partial charge in [0, 0.05) is 12.6 Å². The van der Waals surface area contributed by atoms with Gasteiger partial charge in [-0.25, -0.2) is 8.42 Å². The van der Waals surface area contributed by atoms with E-state index in [-0.39, 0.29) is 6.04 Å². The van der Waals surface area contributed by atoms with Crippen LogP contribution in [-0.4, -0.2) is 25.3 Å². The van der Waals surface area contributed by atoms with Crippen molar-refractivity contribution in [3.8, 4) is 0 Å². The Hall–Kier alpha value is -1.91. The molecule has 4 heteroatoms. The summed E-state index contributed by atoms with van der Waals surface area (Å²) in [6.07, 6.45) is 2.53. The molecule has 1 heterocycles. The smallest absolute Gasteiger partial charge is 0.207 e. The molecule has 2 aromatic rings. The fraction of sp³-hybridized carbons (Fsp3) is 0.364. The van der Waals surface area contributed by atoms with Gasteiger partial charge in [-0.15, -0.1) is 0 Å². The zero-order chi connectivity index (χ0) is 18.7. The topological polar surface area (TPSA) is 37.4 Å². The molecule has 1 aliphatic heterocycles. The average Bonchev–Trinajstić information content (AvgIpc) is 2.63. The zero-order valence-electron chi connectivity index (χ0n) is 15.8. The van der Waals surface area contributed by atoms with Crippen molar-refractivity contribution in [1.29, 1.82) is 0 Å². The van der Waals surface area contributed by atoms with E-state index in [1.54, 1.807) is 16.4 Å². The summed E-state index contributed by atoms with van der Waals surface area (Å²) in [4.78, 5) is 0.389. The van der Waals surface area contributed by atoms with Gasteiger partial charge >= 0.3 is 0 Å². The van der Waals surface area contributed by atoms with Crippen molar-refractivity contribution in [2.75, 3.05) is 6.54 Å². The first-order valence-corrected chi connectivity index (χ1v) is 10.6. The van der Waals surface area contributed by atoms with E-state index >= 15 is 0 Å². The minimum Gasteiger partial charge on any atom is -0.207 e. The van der Waals surface area contributed by atoms with Gasteiger partial charge in [-0.05, 0) is 57.7 Å². The summed E-state index contributed by atoms with van der Waals surface area (Å²) < 4.78 is 28.3. The molecule has 0 aliphatic carbocycles. The van der Waals surface area contributed by atoms with Crippen LogP contribution in [0.25, 0.3) is 0 Å². The molecule has 2 aromatic carbocycles. The Morgan fingerprint density at radius 1 is 0.923 bits per heavy atom. The van der Waals surface area contributed by atoms with Gasteiger partial charge in [-0.3, -0.25) is 0 Å². The van der Waals surface area contributed by atoms with E-state index in [9.17, 15) is 8.42 Å². The number of aryl methyl sites for hydroxylation is 2. The maximum atomic E-state index is 13.3. The summed E-state index contributed by atoms with van der Waals surface area (Å²) in [5.74, 6) is 0. The van der Waals surface area contributed by atoms with E-state index in [0.29, 0.717) is 11.4 Å². The van der Waals surface area contributed by atoms with Gasteiger partial charge in [0.05, 0.1) is 4.90 Å². The number of nitrogens with zero attached hydrogens (tertiary/aromatic N) is 1. The van der Waals surface area contributed by atoms with Crippen LogP contribution < -0.4 is 0 Å². The molecule has 0 saturated carbocycles. The van der Waals surface area contributed by atoms with Gasteiger partial charge in [0.15, 0.2) is 0 Å². The van der Waals surface area contributed by atoms with Gasteiger partial charge in [0.1, 0.15) is 0 Å². The van der Waals surface area contributed by atoms with Crippen molar-refractivity contribution >= 4 is 10.0 Å². The van der Waals surface area contributed by atoms with Crippen molar-refractivity contribution < 1.29 is 8.42 Å². The molecule has 0 fully saturated rings. The Bertz CT molecular complexity index is 883. The van der Waals surface area contributed by atoms with Gasteiger partial charge in [0.2, 0.25) is 10.0 Å². The maximum Gasteiger partial charge on any atom is 0.243 e. The maximum absolute atomic E-state index is 13.3. The van der Waals surface area contributed by atoms with Crippen LogP contribution in [0.3, 0.4) is 0 Å². The summed E-state index contributed by atoms with van der Waals surface area (Å²) in [7, 11) is -3.49. The lowest BCUT2D eigenvalue weighted by atomic mass is 9.94.